The van der Waals surface area contributed by atoms with Gasteiger partial charge >= 0.3 is 0 Å². The summed E-state index contributed by atoms with van der Waals surface area (Å²) in [5.74, 6) is 0. The van der Waals surface area contributed by atoms with Gasteiger partial charge in [0.2, 0.25) is 0 Å². The van der Waals surface area contributed by atoms with Crippen molar-refractivity contribution in [2.75, 3.05) is 0 Å². The number of aryl methyl sites for hydroxylation is 1. The molecule has 0 unspecified atom stereocenters. The Hall–Kier alpha value is -0.490. The van der Waals surface area contributed by atoms with Gasteiger partial charge in [-0.3, -0.25) is 0 Å². The van der Waals surface area contributed by atoms with Gasteiger partial charge in [0.25, 0.3) is 0 Å². The van der Waals surface area contributed by atoms with Crippen molar-refractivity contribution in [3.05, 3.63) is 34.3 Å². The number of halogens is 1. The molecule has 0 fully saturated rings. The topological polar surface area (TPSA) is 0 Å². The second kappa shape index (κ2) is 1.74. The molecule has 0 spiro atoms. The minimum absolute atomic E-state index is 0.818. The van der Waals surface area contributed by atoms with E-state index in [1.165, 1.54) is 17.5 Å². The molecule has 0 saturated heterocycles. The van der Waals surface area contributed by atoms with Crippen LogP contribution in [0.3, 0.4) is 0 Å². The Bertz CT molecular complexity index is 226. The number of rotatable bonds is 0. The van der Waals surface area contributed by atoms with Crippen LogP contribution in [0.25, 0.3) is 0 Å². The van der Waals surface area contributed by atoms with Gasteiger partial charge in [-0.05, 0) is 24.0 Å². The lowest BCUT2D eigenvalue weighted by atomic mass is 9.89. The first-order valence-corrected chi connectivity index (χ1v) is 3.43. The zero-order valence-corrected chi connectivity index (χ0v) is 5.70. The Morgan fingerprint density at radius 1 is 1.44 bits per heavy atom. The Kier molecular flexibility index (Phi) is 1.03. The molecule has 0 nitrogen and oxygen atoms in total. The first kappa shape index (κ1) is 5.31. The molecule has 45 valence electrons. The van der Waals surface area contributed by atoms with E-state index in [0.29, 0.717) is 0 Å². The van der Waals surface area contributed by atoms with Crippen molar-refractivity contribution in [1.29, 1.82) is 0 Å². The highest BCUT2D eigenvalue weighted by Crippen LogP contribution is 2.28. The summed E-state index contributed by atoms with van der Waals surface area (Å²) in [4.78, 5) is 0. The maximum Gasteiger partial charge on any atom is 0.0519 e. The highest BCUT2D eigenvalue weighted by atomic mass is 35.5. The summed E-state index contributed by atoms with van der Waals surface area (Å²) in [5, 5.41) is 0.818. The second-order valence-corrected chi connectivity index (χ2v) is 2.67. The van der Waals surface area contributed by atoms with Crippen molar-refractivity contribution in [1.82, 2.24) is 0 Å². The predicted molar refractivity (Wildman–Crippen MR) is 37.7 cm³/mol. The molecular weight excluding hydrogens is 132 g/mol. The van der Waals surface area contributed by atoms with E-state index < -0.39 is 0 Å². The van der Waals surface area contributed by atoms with Crippen LogP contribution in [0.4, 0.5) is 0 Å². The third kappa shape index (κ3) is 0.665. The highest BCUT2D eigenvalue weighted by molar-refractivity contribution is 6.31. The van der Waals surface area contributed by atoms with Crippen LogP contribution in [-0.2, 0) is 12.8 Å². The van der Waals surface area contributed by atoms with Gasteiger partial charge in [0.1, 0.15) is 0 Å². The summed E-state index contributed by atoms with van der Waals surface area (Å²) in [6.07, 6.45) is 2.34. The third-order valence-corrected chi connectivity index (χ3v) is 2.13. The smallest absolute Gasteiger partial charge is 0.0519 e. The van der Waals surface area contributed by atoms with Crippen LogP contribution in [0.1, 0.15) is 11.1 Å². The standard InChI is InChI=1S/C8H6Cl/c9-8-3-1-2-6-4-5-7(6)8/h1-2H,4-5H2. The van der Waals surface area contributed by atoms with Crippen molar-refractivity contribution < 1.29 is 0 Å². The largest absolute Gasteiger partial charge is 0.0833 e. The molecular formula is C8H6Cl. The first-order chi connectivity index (χ1) is 4.38. The molecule has 1 aliphatic rings. The van der Waals surface area contributed by atoms with Crippen molar-refractivity contribution in [2.45, 2.75) is 12.8 Å². The van der Waals surface area contributed by atoms with E-state index in [9.17, 15) is 0 Å². The van der Waals surface area contributed by atoms with Crippen molar-refractivity contribution in [3.63, 3.8) is 0 Å². The maximum absolute atomic E-state index is 5.81. The van der Waals surface area contributed by atoms with E-state index in [1.54, 1.807) is 0 Å². The average molecular weight is 138 g/mol. The summed E-state index contributed by atoms with van der Waals surface area (Å²) >= 11 is 5.81. The molecule has 0 aromatic heterocycles. The summed E-state index contributed by atoms with van der Waals surface area (Å²) in [7, 11) is 0. The molecule has 0 heterocycles. The number of fused-ring (bicyclic) bond motifs is 1. The van der Waals surface area contributed by atoms with Crippen molar-refractivity contribution in [2.24, 2.45) is 0 Å². The molecule has 1 aromatic rings. The molecule has 9 heavy (non-hydrogen) atoms. The fourth-order valence-electron chi connectivity index (χ4n) is 1.13. The van der Waals surface area contributed by atoms with Crippen LogP contribution in [0.2, 0.25) is 5.02 Å². The Morgan fingerprint density at radius 3 is 2.78 bits per heavy atom. The summed E-state index contributed by atoms with van der Waals surface area (Å²) in [6.45, 7) is 0. The zero-order chi connectivity index (χ0) is 6.27. The quantitative estimate of drug-likeness (QED) is 0.515. The lowest BCUT2D eigenvalue weighted by molar-refractivity contribution is 0.839. The van der Waals surface area contributed by atoms with E-state index in [4.69, 9.17) is 11.6 Å². The summed E-state index contributed by atoms with van der Waals surface area (Å²) in [5.41, 5.74) is 2.71. The molecule has 0 N–H and O–H groups in total. The predicted octanol–water partition coefficient (Wildman–Crippen LogP) is 2.24. The minimum Gasteiger partial charge on any atom is -0.0833 e. The summed E-state index contributed by atoms with van der Waals surface area (Å²) in [6, 6.07) is 6.93. The number of hydrogen-bond acceptors (Lipinski definition) is 0. The Morgan fingerprint density at radius 2 is 2.33 bits per heavy atom. The number of benzene rings is 1. The normalized spacial score (nSPS) is 14.3. The molecule has 0 amide bonds. The molecule has 1 aliphatic carbocycles. The highest BCUT2D eigenvalue weighted by Gasteiger charge is 2.14. The lowest BCUT2D eigenvalue weighted by Gasteiger charge is -2.18. The third-order valence-electron chi connectivity index (χ3n) is 1.79. The van der Waals surface area contributed by atoms with Gasteiger partial charge in [0, 0.05) is 6.07 Å². The van der Waals surface area contributed by atoms with Crippen LogP contribution < -0.4 is 0 Å². The fourth-order valence-corrected chi connectivity index (χ4v) is 1.41. The van der Waals surface area contributed by atoms with Crippen molar-refractivity contribution in [3.8, 4) is 0 Å². The van der Waals surface area contributed by atoms with Crippen LogP contribution in [0, 0.1) is 6.07 Å². The summed E-state index contributed by atoms with van der Waals surface area (Å²) < 4.78 is 0. The SMILES string of the molecule is Clc1[c]ccc2c1CC2. The number of hydrogen-bond donors (Lipinski definition) is 0. The van der Waals surface area contributed by atoms with E-state index in [1.807, 2.05) is 6.07 Å². The van der Waals surface area contributed by atoms with Crippen LogP contribution >= 0.6 is 11.6 Å². The van der Waals surface area contributed by atoms with Crippen LogP contribution in [0.5, 0.6) is 0 Å². The molecule has 1 heteroatoms. The van der Waals surface area contributed by atoms with E-state index in [0.717, 1.165) is 11.4 Å². The van der Waals surface area contributed by atoms with Crippen LogP contribution in [0.15, 0.2) is 12.1 Å². The monoisotopic (exact) mass is 137 g/mol. The van der Waals surface area contributed by atoms with Gasteiger partial charge in [-0.25, -0.2) is 0 Å². The van der Waals surface area contributed by atoms with E-state index >= 15 is 0 Å². The van der Waals surface area contributed by atoms with Gasteiger partial charge in [0.05, 0.1) is 5.02 Å². The zero-order valence-electron chi connectivity index (χ0n) is 4.95. The second-order valence-electron chi connectivity index (χ2n) is 2.30. The minimum atomic E-state index is 0.818. The maximum atomic E-state index is 5.81. The first-order valence-electron chi connectivity index (χ1n) is 3.06. The van der Waals surface area contributed by atoms with E-state index in [2.05, 4.69) is 12.1 Å². The van der Waals surface area contributed by atoms with Crippen LogP contribution in [-0.4, -0.2) is 0 Å². The Balaban J connectivity index is 2.64. The Labute approximate surface area is 59.5 Å². The average Bonchev–Trinajstić information content (AvgIpc) is 1.74. The molecule has 2 rings (SSSR count). The molecule has 0 atom stereocenters. The van der Waals surface area contributed by atoms with Gasteiger partial charge in [-0.1, -0.05) is 23.7 Å². The van der Waals surface area contributed by atoms with Crippen molar-refractivity contribution >= 4 is 11.6 Å². The van der Waals surface area contributed by atoms with Gasteiger partial charge in [0.15, 0.2) is 0 Å². The van der Waals surface area contributed by atoms with Gasteiger partial charge in [-0.2, -0.15) is 0 Å². The lowest BCUT2D eigenvalue weighted by Crippen LogP contribution is -2.07. The molecule has 0 saturated carbocycles. The van der Waals surface area contributed by atoms with Gasteiger partial charge in [-0.15, -0.1) is 0 Å². The molecule has 1 aromatic carbocycles. The molecule has 0 bridgehead atoms. The molecule has 1 radical (unpaired) electrons. The van der Waals surface area contributed by atoms with E-state index in [-0.39, 0.29) is 0 Å². The fraction of sp³-hybridized carbons (Fsp3) is 0.250. The van der Waals surface area contributed by atoms with Gasteiger partial charge < -0.3 is 0 Å². The molecule has 0 aliphatic heterocycles.